The van der Waals surface area contributed by atoms with Gasteiger partial charge in [-0.25, -0.2) is 9.53 Å². The molecule has 0 aliphatic rings. The van der Waals surface area contributed by atoms with Crippen molar-refractivity contribution in [2.45, 2.75) is 6.92 Å². The van der Waals surface area contributed by atoms with Gasteiger partial charge >= 0.3 is 5.63 Å². The van der Waals surface area contributed by atoms with Crippen LogP contribution in [-0.4, -0.2) is 4.74 Å². The van der Waals surface area contributed by atoms with Gasteiger partial charge in [0.1, 0.15) is 0 Å². The SMILES string of the molecule is Cc1c(-c2ccc(N)cc2)n(C)oc1=O. The second-order valence-electron chi connectivity index (χ2n) is 3.47. The van der Waals surface area contributed by atoms with Crippen molar-refractivity contribution in [1.82, 2.24) is 4.74 Å². The van der Waals surface area contributed by atoms with Gasteiger partial charge < -0.3 is 10.3 Å². The largest absolute Gasteiger partial charge is 0.399 e. The van der Waals surface area contributed by atoms with Gasteiger partial charge in [0, 0.05) is 18.3 Å². The van der Waals surface area contributed by atoms with Crippen LogP contribution < -0.4 is 11.4 Å². The summed E-state index contributed by atoms with van der Waals surface area (Å²) in [5.41, 5.74) is 8.32. The van der Waals surface area contributed by atoms with E-state index in [1.165, 1.54) is 4.74 Å². The molecular formula is C11H12N2O2. The third kappa shape index (κ3) is 1.54. The number of nitrogens with zero attached hydrogens (tertiary/aromatic N) is 1. The van der Waals surface area contributed by atoms with Gasteiger partial charge in [-0.15, -0.1) is 0 Å². The van der Waals surface area contributed by atoms with Crippen molar-refractivity contribution in [2.75, 3.05) is 5.73 Å². The molecule has 1 aromatic carbocycles. The fraction of sp³-hybridized carbons (Fsp3) is 0.182. The van der Waals surface area contributed by atoms with E-state index < -0.39 is 0 Å². The Labute approximate surface area is 86.9 Å². The van der Waals surface area contributed by atoms with Gasteiger partial charge in [-0.05, 0) is 19.1 Å². The van der Waals surface area contributed by atoms with Crippen molar-refractivity contribution in [1.29, 1.82) is 0 Å². The summed E-state index contributed by atoms with van der Waals surface area (Å²) in [5.74, 6) is 0. The van der Waals surface area contributed by atoms with Gasteiger partial charge in [0.15, 0.2) is 0 Å². The molecule has 4 heteroatoms. The summed E-state index contributed by atoms with van der Waals surface area (Å²) in [6, 6.07) is 7.33. The Balaban J connectivity index is 2.63. The van der Waals surface area contributed by atoms with Gasteiger partial charge in [0.2, 0.25) is 0 Å². The van der Waals surface area contributed by atoms with Crippen LogP contribution in [0, 0.1) is 6.92 Å². The van der Waals surface area contributed by atoms with E-state index in [1.807, 2.05) is 12.1 Å². The van der Waals surface area contributed by atoms with Crippen LogP contribution >= 0.6 is 0 Å². The normalized spacial score (nSPS) is 10.5. The lowest BCUT2D eigenvalue weighted by Crippen LogP contribution is -1.95. The summed E-state index contributed by atoms with van der Waals surface area (Å²) in [7, 11) is 1.71. The molecule has 78 valence electrons. The van der Waals surface area contributed by atoms with Crippen molar-refractivity contribution in [3.8, 4) is 11.3 Å². The van der Waals surface area contributed by atoms with Gasteiger partial charge in [-0.3, -0.25) is 0 Å². The van der Waals surface area contributed by atoms with E-state index in [2.05, 4.69) is 0 Å². The van der Waals surface area contributed by atoms with Crippen LogP contribution in [0.3, 0.4) is 0 Å². The first kappa shape index (κ1) is 9.58. The summed E-state index contributed by atoms with van der Waals surface area (Å²) >= 11 is 0. The second kappa shape index (κ2) is 3.31. The van der Waals surface area contributed by atoms with E-state index in [9.17, 15) is 4.79 Å². The van der Waals surface area contributed by atoms with Crippen molar-refractivity contribution in [3.63, 3.8) is 0 Å². The Morgan fingerprint density at radius 2 is 1.87 bits per heavy atom. The summed E-state index contributed by atoms with van der Waals surface area (Å²) in [6.07, 6.45) is 0. The molecule has 0 saturated carbocycles. The number of aryl methyl sites for hydroxylation is 1. The quantitative estimate of drug-likeness (QED) is 0.716. The van der Waals surface area contributed by atoms with Crippen LogP contribution in [0.4, 0.5) is 5.69 Å². The molecule has 15 heavy (non-hydrogen) atoms. The lowest BCUT2D eigenvalue weighted by atomic mass is 10.1. The third-order valence-electron chi connectivity index (χ3n) is 2.38. The fourth-order valence-corrected chi connectivity index (χ4v) is 1.61. The highest BCUT2D eigenvalue weighted by atomic mass is 16.5. The molecule has 2 N–H and O–H groups in total. The predicted octanol–water partition coefficient (Wildman–Crippen LogP) is 1.54. The minimum atomic E-state index is -0.302. The van der Waals surface area contributed by atoms with E-state index in [-0.39, 0.29) is 5.63 Å². The predicted molar refractivity (Wildman–Crippen MR) is 58.5 cm³/mol. The summed E-state index contributed by atoms with van der Waals surface area (Å²) in [5, 5.41) is 0. The first-order valence-electron chi connectivity index (χ1n) is 4.62. The highest BCUT2D eigenvalue weighted by Crippen LogP contribution is 2.21. The van der Waals surface area contributed by atoms with Crippen molar-refractivity contribution in [2.24, 2.45) is 7.05 Å². The first-order chi connectivity index (χ1) is 7.09. The number of aromatic nitrogens is 1. The van der Waals surface area contributed by atoms with Crippen molar-refractivity contribution < 1.29 is 4.52 Å². The highest BCUT2D eigenvalue weighted by molar-refractivity contribution is 5.64. The van der Waals surface area contributed by atoms with Gasteiger partial charge in [0.05, 0.1) is 11.3 Å². The fourth-order valence-electron chi connectivity index (χ4n) is 1.61. The van der Waals surface area contributed by atoms with Crippen LogP contribution in [0.5, 0.6) is 0 Å². The monoisotopic (exact) mass is 204 g/mol. The lowest BCUT2D eigenvalue weighted by Gasteiger charge is -2.02. The van der Waals surface area contributed by atoms with E-state index in [4.69, 9.17) is 10.3 Å². The molecule has 0 aliphatic carbocycles. The molecule has 0 spiro atoms. The summed E-state index contributed by atoms with van der Waals surface area (Å²) in [6.45, 7) is 1.75. The van der Waals surface area contributed by atoms with E-state index >= 15 is 0 Å². The van der Waals surface area contributed by atoms with Crippen LogP contribution in [0.25, 0.3) is 11.3 Å². The molecule has 0 saturated heterocycles. The average Bonchev–Trinajstić information content (AvgIpc) is 2.44. The minimum absolute atomic E-state index is 0.302. The first-order valence-corrected chi connectivity index (χ1v) is 4.62. The Morgan fingerprint density at radius 3 is 2.33 bits per heavy atom. The molecule has 2 aromatic rings. The molecule has 0 unspecified atom stereocenters. The molecule has 0 amide bonds. The van der Waals surface area contributed by atoms with Crippen LogP contribution in [0.2, 0.25) is 0 Å². The Kier molecular flexibility index (Phi) is 2.11. The van der Waals surface area contributed by atoms with E-state index in [1.54, 1.807) is 26.1 Å². The number of anilines is 1. The number of hydrogen-bond donors (Lipinski definition) is 1. The average molecular weight is 204 g/mol. The van der Waals surface area contributed by atoms with Crippen LogP contribution in [-0.2, 0) is 7.05 Å². The smallest absolute Gasteiger partial charge is 0.361 e. The molecular weight excluding hydrogens is 192 g/mol. The molecule has 0 atom stereocenters. The van der Waals surface area contributed by atoms with Gasteiger partial charge in [0.25, 0.3) is 0 Å². The van der Waals surface area contributed by atoms with E-state index in [0.717, 1.165) is 11.3 Å². The van der Waals surface area contributed by atoms with E-state index in [0.29, 0.717) is 11.3 Å². The molecule has 0 aliphatic heterocycles. The maximum absolute atomic E-state index is 11.3. The zero-order valence-electron chi connectivity index (χ0n) is 8.65. The third-order valence-corrected chi connectivity index (χ3v) is 2.38. The Morgan fingerprint density at radius 1 is 1.27 bits per heavy atom. The molecule has 2 rings (SSSR count). The van der Waals surface area contributed by atoms with Crippen molar-refractivity contribution >= 4 is 5.69 Å². The molecule has 0 bridgehead atoms. The Bertz CT molecular complexity index is 535. The Hall–Kier alpha value is -1.97. The maximum atomic E-state index is 11.3. The second-order valence-corrected chi connectivity index (χ2v) is 3.47. The molecule has 4 nitrogen and oxygen atoms in total. The molecule has 0 fully saturated rings. The maximum Gasteiger partial charge on any atom is 0.361 e. The van der Waals surface area contributed by atoms with Crippen LogP contribution in [0.15, 0.2) is 33.6 Å². The minimum Gasteiger partial charge on any atom is -0.399 e. The standard InChI is InChI=1S/C11H12N2O2/c1-7-10(13(2)15-11(7)14)8-3-5-9(12)6-4-8/h3-6H,12H2,1-2H3. The number of nitrogens with two attached hydrogens (primary N) is 1. The number of rotatable bonds is 1. The highest BCUT2D eigenvalue weighted by Gasteiger charge is 2.12. The van der Waals surface area contributed by atoms with Gasteiger partial charge in [-0.2, -0.15) is 0 Å². The number of benzene rings is 1. The summed E-state index contributed by atoms with van der Waals surface area (Å²) < 4.78 is 6.44. The number of hydrogen-bond acceptors (Lipinski definition) is 3. The van der Waals surface area contributed by atoms with Crippen molar-refractivity contribution in [3.05, 3.63) is 40.2 Å². The van der Waals surface area contributed by atoms with Crippen LogP contribution in [0.1, 0.15) is 5.56 Å². The number of nitrogen functional groups attached to an aromatic ring is 1. The molecule has 1 heterocycles. The zero-order chi connectivity index (χ0) is 11.0. The zero-order valence-corrected chi connectivity index (χ0v) is 8.65. The molecule has 0 radical (unpaired) electrons. The topological polar surface area (TPSA) is 61.2 Å². The summed E-state index contributed by atoms with van der Waals surface area (Å²) in [4.78, 5) is 11.3. The van der Waals surface area contributed by atoms with Gasteiger partial charge in [-0.1, -0.05) is 12.1 Å². The lowest BCUT2D eigenvalue weighted by molar-refractivity contribution is 0.288. The molecule has 1 aromatic heterocycles.